The molecule has 0 bridgehead atoms. The molecule has 1 heterocycles. The molecule has 0 spiro atoms. The highest BCUT2D eigenvalue weighted by molar-refractivity contribution is 5.82. The van der Waals surface area contributed by atoms with Gasteiger partial charge >= 0.3 is 0 Å². The number of rotatable bonds is 7. The van der Waals surface area contributed by atoms with Crippen molar-refractivity contribution in [1.29, 1.82) is 0 Å². The molecule has 0 amide bonds. The first kappa shape index (κ1) is 13.8. The second-order valence-corrected chi connectivity index (χ2v) is 4.75. The van der Waals surface area contributed by atoms with Crippen molar-refractivity contribution in [2.24, 2.45) is 0 Å². The number of benzene rings is 1. The van der Waals surface area contributed by atoms with Gasteiger partial charge in [-0.05, 0) is 43.5 Å². The van der Waals surface area contributed by atoms with Crippen molar-refractivity contribution in [3.8, 4) is 0 Å². The largest absolute Gasteiger partial charge is 0.310 e. The van der Waals surface area contributed by atoms with Crippen LogP contribution < -0.4 is 5.32 Å². The van der Waals surface area contributed by atoms with Gasteiger partial charge in [-0.1, -0.05) is 31.2 Å². The zero-order valence-corrected chi connectivity index (χ0v) is 11.6. The zero-order chi connectivity index (χ0) is 13.5. The molecule has 100 valence electrons. The van der Waals surface area contributed by atoms with Gasteiger partial charge in [0.15, 0.2) is 0 Å². The van der Waals surface area contributed by atoms with Crippen molar-refractivity contribution in [2.75, 3.05) is 6.54 Å². The van der Waals surface area contributed by atoms with E-state index < -0.39 is 0 Å². The molecule has 1 N–H and O–H groups in total. The third-order valence-electron chi connectivity index (χ3n) is 3.41. The lowest BCUT2D eigenvalue weighted by molar-refractivity contribution is 0.503. The van der Waals surface area contributed by atoms with Gasteiger partial charge in [-0.25, -0.2) is 0 Å². The van der Waals surface area contributed by atoms with Crippen LogP contribution >= 0.6 is 0 Å². The number of nitrogens with one attached hydrogen (secondary N) is 1. The normalized spacial score (nSPS) is 12.5. The summed E-state index contributed by atoms with van der Waals surface area (Å²) in [6.07, 6.45) is 7.28. The molecule has 0 aliphatic rings. The molecule has 1 aromatic heterocycles. The molecule has 2 nitrogen and oxygen atoms in total. The van der Waals surface area contributed by atoms with Crippen molar-refractivity contribution < 1.29 is 0 Å². The standard InChI is InChI=1S/C17H22N2/c1-3-5-6-10-16(18-4-2)15-12-13-19-17-11-8-7-9-14(15)17/h3,7-9,11-13,16,18H,1,4-6,10H2,2H3. The van der Waals surface area contributed by atoms with E-state index in [0.29, 0.717) is 6.04 Å². The van der Waals surface area contributed by atoms with E-state index in [2.05, 4.69) is 48.1 Å². The van der Waals surface area contributed by atoms with E-state index >= 15 is 0 Å². The topological polar surface area (TPSA) is 24.9 Å². The summed E-state index contributed by atoms with van der Waals surface area (Å²) in [4.78, 5) is 4.44. The third-order valence-corrected chi connectivity index (χ3v) is 3.41. The monoisotopic (exact) mass is 254 g/mol. The molecule has 1 unspecified atom stereocenters. The summed E-state index contributed by atoms with van der Waals surface area (Å²) in [5.74, 6) is 0. The molecule has 0 saturated carbocycles. The van der Waals surface area contributed by atoms with Crippen molar-refractivity contribution in [3.05, 3.63) is 54.7 Å². The van der Waals surface area contributed by atoms with Crippen molar-refractivity contribution in [2.45, 2.75) is 32.2 Å². The van der Waals surface area contributed by atoms with Gasteiger partial charge in [-0.15, -0.1) is 6.58 Å². The van der Waals surface area contributed by atoms with Crippen LogP contribution in [0.25, 0.3) is 10.9 Å². The van der Waals surface area contributed by atoms with E-state index in [1.54, 1.807) is 0 Å². The molecular formula is C17H22N2. The first-order valence-corrected chi connectivity index (χ1v) is 7.04. The molecule has 19 heavy (non-hydrogen) atoms. The summed E-state index contributed by atoms with van der Waals surface area (Å²) < 4.78 is 0. The predicted molar refractivity (Wildman–Crippen MR) is 82.2 cm³/mol. The highest BCUT2D eigenvalue weighted by Gasteiger charge is 2.12. The lowest BCUT2D eigenvalue weighted by Gasteiger charge is -2.19. The minimum absolute atomic E-state index is 0.401. The first-order valence-electron chi connectivity index (χ1n) is 7.04. The van der Waals surface area contributed by atoms with E-state index in [1.807, 2.05) is 18.3 Å². The molecule has 1 aromatic carbocycles. The molecule has 2 heteroatoms. The molecule has 0 aliphatic heterocycles. The van der Waals surface area contributed by atoms with Gasteiger partial charge in [0.1, 0.15) is 0 Å². The number of hydrogen-bond donors (Lipinski definition) is 1. The third kappa shape index (κ3) is 3.42. The fourth-order valence-corrected chi connectivity index (χ4v) is 2.50. The van der Waals surface area contributed by atoms with Gasteiger partial charge < -0.3 is 5.32 Å². The molecule has 1 atom stereocenters. The number of nitrogens with zero attached hydrogens (tertiary/aromatic N) is 1. The Bertz CT molecular complexity index is 528. The Kier molecular flexibility index (Phi) is 5.10. The number of pyridine rings is 1. The molecule has 0 aliphatic carbocycles. The Labute approximate surface area is 115 Å². The van der Waals surface area contributed by atoms with E-state index in [9.17, 15) is 0 Å². The summed E-state index contributed by atoms with van der Waals surface area (Å²) in [5.41, 5.74) is 2.43. The number of aromatic nitrogens is 1. The van der Waals surface area contributed by atoms with Gasteiger partial charge in [0.05, 0.1) is 5.52 Å². The molecule has 2 rings (SSSR count). The first-order chi connectivity index (χ1) is 9.36. The van der Waals surface area contributed by atoms with Crippen LogP contribution in [0, 0.1) is 0 Å². The van der Waals surface area contributed by atoms with Gasteiger partial charge in [0, 0.05) is 17.6 Å². The number of para-hydroxylation sites is 1. The predicted octanol–water partition coefficient (Wildman–Crippen LogP) is 4.24. The summed E-state index contributed by atoms with van der Waals surface area (Å²) >= 11 is 0. The van der Waals surface area contributed by atoms with Gasteiger partial charge in [0.2, 0.25) is 0 Å². The van der Waals surface area contributed by atoms with Crippen molar-refractivity contribution >= 4 is 10.9 Å². The van der Waals surface area contributed by atoms with Gasteiger partial charge in [-0.3, -0.25) is 4.98 Å². The summed E-state index contributed by atoms with van der Waals surface area (Å²) in [5, 5.41) is 4.85. The van der Waals surface area contributed by atoms with E-state index in [-0.39, 0.29) is 0 Å². The zero-order valence-electron chi connectivity index (χ0n) is 11.6. The second kappa shape index (κ2) is 7.05. The fourth-order valence-electron chi connectivity index (χ4n) is 2.50. The van der Waals surface area contributed by atoms with E-state index in [1.165, 1.54) is 10.9 Å². The smallest absolute Gasteiger partial charge is 0.0705 e. The minimum Gasteiger partial charge on any atom is -0.310 e. The van der Waals surface area contributed by atoms with Crippen LogP contribution in [0.15, 0.2) is 49.2 Å². The van der Waals surface area contributed by atoms with Gasteiger partial charge in [0.25, 0.3) is 0 Å². The van der Waals surface area contributed by atoms with Crippen LogP contribution in [0.4, 0.5) is 0 Å². The summed E-state index contributed by atoms with van der Waals surface area (Å²) in [6.45, 7) is 6.93. The number of fused-ring (bicyclic) bond motifs is 1. The molecule has 0 fully saturated rings. The average molecular weight is 254 g/mol. The molecule has 0 saturated heterocycles. The Hall–Kier alpha value is -1.67. The number of allylic oxidation sites excluding steroid dienone is 1. The lowest BCUT2D eigenvalue weighted by Crippen LogP contribution is -2.21. The van der Waals surface area contributed by atoms with Crippen LogP contribution in [-0.2, 0) is 0 Å². The van der Waals surface area contributed by atoms with Crippen LogP contribution in [0.5, 0.6) is 0 Å². The number of unbranched alkanes of at least 4 members (excludes halogenated alkanes) is 1. The number of hydrogen-bond acceptors (Lipinski definition) is 2. The van der Waals surface area contributed by atoms with Crippen LogP contribution in [0.2, 0.25) is 0 Å². The summed E-state index contributed by atoms with van der Waals surface area (Å²) in [6, 6.07) is 10.9. The molecule has 2 aromatic rings. The maximum Gasteiger partial charge on any atom is 0.0705 e. The summed E-state index contributed by atoms with van der Waals surface area (Å²) in [7, 11) is 0. The maximum absolute atomic E-state index is 4.44. The highest BCUT2D eigenvalue weighted by atomic mass is 14.9. The fraction of sp³-hybridized carbons (Fsp3) is 0.353. The Morgan fingerprint density at radius 2 is 2.16 bits per heavy atom. The quantitative estimate of drug-likeness (QED) is 0.590. The highest BCUT2D eigenvalue weighted by Crippen LogP contribution is 2.26. The lowest BCUT2D eigenvalue weighted by atomic mass is 9.97. The van der Waals surface area contributed by atoms with Crippen molar-refractivity contribution in [3.63, 3.8) is 0 Å². The van der Waals surface area contributed by atoms with Crippen LogP contribution in [-0.4, -0.2) is 11.5 Å². The SMILES string of the molecule is C=CCCCC(NCC)c1ccnc2ccccc12. The van der Waals surface area contributed by atoms with Crippen LogP contribution in [0.3, 0.4) is 0 Å². The molecule has 0 radical (unpaired) electrons. The maximum atomic E-state index is 4.44. The average Bonchev–Trinajstić information content (AvgIpc) is 2.46. The van der Waals surface area contributed by atoms with E-state index in [4.69, 9.17) is 0 Å². The Balaban J connectivity index is 2.29. The van der Waals surface area contributed by atoms with Gasteiger partial charge in [-0.2, -0.15) is 0 Å². The Morgan fingerprint density at radius 1 is 1.32 bits per heavy atom. The molecular weight excluding hydrogens is 232 g/mol. The Morgan fingerprint density at radius 3 is 2.95 bits per heavy atom. The van der Waals surface area contributed by atoms with Crippen molar-refractivity contribution in [1.82, 2.24) is 10.3 Å². The van der Waals surface area contributed by atoms with Crippen LogP contribution in [0.1, 0.15) is 37.8 Å². The minimum atomic E-state index is 0.401. The second-order valence-electron chi connectivity index (χ2n) is 4.75. The van der Waals surface area contributed by atoms with E-state index in [0.717, 1.165) is 31.3 Å².